The molecule has 0 saturated heterocycles. The minimum absolute atomic E-state index is 0.0393. The number of carbonyl (C=O) groups is 2. The van der Waals surface area contributed by atoms with Gasteiger partial charge in [0.15, 0.2) is 0 Å². The molecule has 1 heterocycles. The number of carbonyl (C=O) groups excluding carboxylic acids is 1. The predicted molar refractivity (Wildman–Crippen MR) is 125 cm³/mol. The van der Waals surface area contributed by atoms with E-state index in [4.69, 9.17) is 11.6 Å². The van der Waals surface area contributed by atoms with E-state index in [0.29, 0.717) is 10.7 Å². The number of amides is 1. The minimum Gasteiger partial charge on any atom is -0.478 e. The van der Waals surface area contributed by atoms with Crippen molar-refractivity contribution in [2.24, 2.45) is 0 Å². The summed E-state index contributed by atoms with van der Waals surface area (Å²) in [5, 5.41) is 22.1. The second-order valence-electron chi connectivity index (χ2n) is 7.50. The van der Waals surface area contributed by atoms with E-state index < -0.39 is 11.9 Å². The van der Waals surface area contributed by atoms with E-state index in [9.17, 15) is 20.0 Å². The van der Waals surface area contributed by atoms with Crippen LogP contribution < -0.4 is 5.32 Å². The Morgan fingerprint density at radius 3 is 2.47 bits per heavy atom. The van der Waals surface area contributed by atoms with Gasteiger partial charge in [-0.05, 0) is 86.9 Å². The zero-order valence-electron chi connectivity index (χ0n) is 18.2. The number of aromatic nitrogens is 1. The van der Waals surface area contributed by atoms with Crippen LogP contribution in [-0.2, 0) is 4.79 Å². The molecule has 32 heavy (non-hydrogen) atoms. The number of hydrogen-bond acceptors (Lipinski definition) is 3. The van der Waals surface area contributed by atoms with Crippen LogP contribution in [-0.4, -0.2) is 21.6 Å². The van der Waals surface area contributed by atoms with Crippen molar-refractivity contribution in [3.05, 3.63) is 86.7 Å². The molecule has 1 aromatic heterocycles. The van der Waals surface area contributed by atoms with Crippen LogP contribution in [0.4, 0.5) is 5.69 Å². The normalized spacial score (nSPS) is 11.2. The lowest BCUT2D eigenvalue weighted by Gasteiger charge is -2.13. The Bertz CT molecular complexity index is 1310. The number of hydrogen-bond donors (Lipinski definition) is 2. The van der Waals surface area contributed by atoms with Gasteiger partial charge in [0.25, 0.3) is 5.91 Å². The van der Waals surface area contributed by atoms with E-state index in [1.165, 1.54) is 0 Å². The first-order valence-corrected chi connectivity index (χ1v) is 10.2. The van der Waals surface area contributed by atoms with Gasteiger partial charge >= 0.3 is 5.97 Å². The van der Waals surface area contributed by atoms with Crippen LogP contribution in [0.5, 0.6) is 0 Å². The molecule has 0 atom stereocenters. The smallest absolute Gasteiger partial charge is 0.335 e. The minimum atomic E-state index is -0.983. The zero-order chi connectivity index (χ0) is 23.6. The highest BCUT2D eigenvalue weighted by Gasteiger charge is 2.16. The first-order chi connectivity index (χ1) is 15.1. The quantitative estimate of drug-likeness (QED) is 0.392. The van der Waals surface area contributed by atoms with Crippen molar-refractivity contribution in [1.82, 2.24) is 4.57 Å². The fourth-order valence-corrected chi connectivity index (χ4v) is 3.76. The summed E-state index contributed by atoms with van der Waals surface area (Å²) in [4.78, 5) is 24.0. The molecule has 0 fully saturated rings. The van der Waals surface area contributed by atoms with Crippen molar-refractivity contribution in [3.63, 3.8) is 0 Å². The van der Waals surface area contributed by atoms with Gasteiger partial charge in [0.1, 0.15) is 11.6 Å². The van der Waals surface area contributed by atoms with Crippen molar-refractivity contribution in [2.75, 3.05) is 5.32 Å². The maximum atomic E-state index is 12.7. The van der Waals surface area contributed by atoms with E-state index >= 15 is 0 Å². The average Bonchev–Trinajstić information content (AvgIpc) is 3.02. The van der Waals surface area contributed by atoms with E-state index in [1.54, 1.807) is 49.4 Å². The summed E-state index contributed by atoms with van der Waals surface area (Å²) in [7, 11) is 0. The van der Waals surface area contributed by atoms with Gasteiger partial charge in [0, 0.05) is 27.8 Å². The Hall–Kier alpha value is -3.82. The van der Waals surface area contributed by atoms with E-state index in [0.717, 1.165) is 33.8 Å². The van der Waals surface area contributed by atoms with Crippen molar-refractivity contribution >= 4 is 35.2 Å². The summed E-state index contributed by atoms with van der Waals surface area (Å²) < 4.78 is 1.97. The third kappa shape index (κ3) is 4.43. The van der Waals surface area contributed by atoms with Gasteiger partial charge in [-0.3, -0.25) is 4.79 Å². The summed E-state index contributed by atoms with van der Waals surface area (Å²) in [6.45, 7) is 7.44. The third-order valence-electron chi connectivity index (χ3n) is 5.34. The molecule has 0 spiro atoms. The number of nitrogens with one attached hydrogen (secondary N) is 1. The number of aromatic carboxylic acids is 1. The lowest BCUT2D eigenvalue weighted by molar-refractivity contribution is -0.112. The molecule has 2 aromatic carbocycles. The topological polar surface area (TPSA) is 95.1 Å². The highest BCUT2D eigenvalue weighted by Crippen LogP contribution is 2.27. The second kappa shape index (κ2) is 9.13. The van der Waals surface area contributed by atoms with Gasteiger partial charge < -0.3 is 15.0 Å². The van der Waals surface area contributed by atoms with E-state index in [1.807, 2.05) is 37.5 Å². The van der Waals surface area contributed by atoms with Crippen LogP contribution >= 0.6 is 11.6 Å². The van der Waals surface area contributed by atoms with Gasteiger partial charge in [-0.15, -0.1) is 0 Å². The van der Waals surface area contributed by atoms with Gasteiger partial charge in [0.2, 0.25) is 0 Å². The highest BCUT2D eigenvalue weighted by molar-refractivity contribution is 6.31. The maximum absolute atomic E-state index is 12.7. The van der Waals surface area contributed by atoms with Gasteiger partial charge in [-0.1, -0.05) is 17.7 Å². The molecule has 3 rings (SSSR count). The molecule has 162 valence electrons. The van der Waals surface area contributed by atoms with Gasteiger partial charge in [-0.25, -0.2) is 4.79 Å². The molecule has 2 N–H and O–H groups in total. The standard InChI is InChI=1S/C25H22ClN3O3/c1-14-10-18(25(31)32)8-9-23(14)29-15(2)11-19(17(29)4)12-20(13-27)24(30)28-22-7-5-6-21(26)16(22)3/h5-12H,1-4H3,(H,28,30)(H,31,32). The summed E-state index contributed by atoms with van der Waals surface area (Å²) in [6, 6.07) is 14.0. The van der Waals surface area contributed by atoms with Crippen LogP contribution in [0, 0.1) is 39.0 Å². The molecule has 1 amide bonds. The molecule has 6 nitrogen and oxygen atoms in total. The number of benzene rings is 2. The molecule has 7 heteroatoms. The van der Waals surface area contributed by atoms with Crippen molar-refractivity contribution in [2.45, 2.75) is 27.7 Å². The van der Waals surface area contributed by atoms with E-state index in [2.05, 4.69) is 5.32 Å². The fourth-order valence-electron chi connectivity index (χ4n) is 3.58. The Morgan fingerprint density at radius 2 is 1.84 bits per heavy atom. The first-order valence-electron chi connectivity index (χ1n) is 9.85. The highest BCUT2D eigenvalue weighted by atomic mass is 35.5. The summed E-state index contributed by atoms with van der Waals surface area (Å²) >= 11 is 6.11. The number of halogens is 1. The summed E-state index contributed by atoms with van der Waals surface area (Å²) in [6.07, 6.45) is 1.55. The number of carboxylic acids is 1. The molecule has 0 unspecified atom stereocenters. The summed E-state index contributed by atoms with van der Waals surface area (Å²) in [5.41, 5.74) is 5.52. The fraction of sp³-hybridized carbons (Fsp3) is 0.160. The molecule has 0 aliphatic carbocycles. The maximum Gasteiger partial charge on any atom is 0.335 e. The number of anilines is 1. The Kier molecular flexibility index (Phi) is 6.52. The Balaban J connectivity index is 1.98. The number of carboxylic acid groups (broad SMARTS) is 1. The van der Waals surface area contributed by atoms with E-state index in [-0.39, 0.29) is 11.1 Å². The zero-order valence-corrected chi connectivity index (χ0v) is 18.9. The second-order valence-corrected chi connectivity index (χ2v) is 7.91. The average molecular weight is 448 g/mol. The van der Waals surface area contributed by atoms with Crippen LogP contribution in [0.15, 0.2) is 48.0 Å². The van der Waals surface area contributed by atoms with Crippen LogP contribution in [0.25, 0.3) is 11.8 Å². The Labute approximate surface area is 191 Å². The number of nitrogens with zero attached hydrogens (tertiary/aromatic N) is 2. The third-order valence-corrected chi connectivity index (χ3v) is 5.75. The first kappa shape index (κ1) is 22.9. The van der Waals surface area contributed by atoms with Crippen LogP contribution in [0.2, 0.25) is 5.02 Å². The number of rotatable bonds is 5. The Morgan fingerprint density at radius 1 is 1.12 bits per heavy atom. The van der Waals surface area contributed by atoms with Crippen molar-refractivity contribution < 1.29 is 14.7 Å². The SMILES string of the molecule is Cc1cc(C(=O)O)ccc1-n1c(C)cc(C=C(C#N)C(=O)Nc2cccc(Cl)c2C)c1C. The molecule has 0 aliphatic rings. The van der Waals surface area contributed by atoms with Crippen LogP contribution in [0.1, 0.15) is 38.4 Å². The van der Waals surface area contributed by atoms with Gasteiger partial charge in [0.05, 0.1) is 5.56 Å². The van der Waals surface area contributed by atoms with Crippen molar-refractivity contribution in [1.29, 1.82) is 5.26 Å². The largest absolute Gasteiger partial charge is 0.478 e. The van der Waals surface area contributed by atoms with Gasteiger partial charge in [-0.2, -0.15) is 5.26 Å². The molecule has 3 aromatic rings. The molecular formula is C25H22ClN3O3. The molecule has 0 aliphatic heterocycles. The summed E-state index contributed by atoms with van der Waals surface area (Å²) in [5.74, 6) is -1.51. The lowest BCUT2D eigenvalue weighted by atomic mass is 10.1. The number of aryl methyl sites for hydroxylation is 2. The molecule has 0 radical (unpaired) electrons. The van der Waals surface area contributed by atoms with Crippen LogP contribution in [0.3, 0.4) is 0 Å². The lowest BCUT2D eigenvalue weighted by Crippen LogP contribution is -2.14. The molecule has 0 bridgehead atoms. The van der Waals surface area contributed by atoms with Crippen molar-refractivity contribution in [3.8, 4) is 11.8 Å². The molecular weight excluding hydrogens is 426 g/mol. The number of nitriles is 1. The predicted octanol–water partition coefficient (Wildman–Crippen LogP) is 5.61. The monoisotopic (exact) mass is 447 g/mol. The molecule has 0 saturated carbocycles.